The molecule has 4 rings (SSSR count). The Labute approximate surface area is 157 Å². The molecule has 0 bridgehead atoms. The Morgan fingerprint density at radius 1 is 1.00 bits per heavy atom. The van der Waals surface area contributed by atoms with Crippen LogP contribution in [0.1, 0.15) is 11.1 Å². The number of fused-ring (bicyclic) bond motifs is 1. The third kappa shape index (κ3) is 3.05. The second-order valence-corrected chi connectivity index (χ2v) is 6.39. The Morgan fingerprint density at radius 2 is 1.78 bits per heavy atom. The van der Waals surface area contributed by atoms with Crippen molar-refractivity contribution in [3.8, 4) is 0 Å². The molecular formula is C22H18N3O2+. The molecule has 1 N–H and O–H groups in total. The molecule has 27 heavy (non-hydrogen) atoms. The van der Waals surface area contributed by atoms with Gasteiger partial charge in [0, 0.05) is 23.9 Å². The van der Waals surface area contributed by atoms with E-state index in [2.05, 4.69) is 22.4 Å². The molecule has 0 spiro atoms. The van der Waals surface area contributed by atoms with Crippen molar-refractivity contribution in [2.75, 3.05) is 0 Å². The van der Waals surface area contributed by atoms with Crippen LogP contribution in [0.25, 0.3) is 5.70 Å². The lowest BCUT2D eigenvalue weighted by atomic mass is 10.1. The van der Waals surface area contributed by atoms with Gasteiger partial charge >= 0.3 is 0 Å². The van der Waals surface area contributed by atoms with Gasteiger partial charge in [0.2, 0.25) is 6.29 Å². The molecule has 3 aromatic rings. The molecule has 1 aliphatic rings. The first-order chi connectivity index (χ1) is 13.2. The lowest BCUT2D eigenvalue weighted by molar-refractivity contribution is -0.130. The van der Waals surface area contributed by atoms with Gasteiger partial charge in [-0.3, -0.25) is 14.6 Å². The summed E-state index contributed by atoms with van der Waals surface area (Å²) in [6.07, 6.45) is 5.85. The predicted octanol–water partition coefficient (Wildman–Crippen LogP) is 3.55. The molecule has 1 aliphatic heterocycles. The van der Waals surface area contributed by atoms with Crippen LogP contribution in [-0.2, 0) is 16.1 Å². The number of carbonyl (C=O) groups excluding carboxylic acids is 2. The van der Waals surface area contributed by atoms with Gasteiger partial charge in [0.25, 0.3) is 5.91 Å². The maximum atomic E-state index is 11.7. The van der Waals surface area contributed by atoms with Crippen molar-refractivity contribution in [3.05, 3.63) is 96.5 Å². The Bertz CT molecular complexity index is 1020. The molecule has 0 aliphatic carbocycles. The van der Waals surface area contributed by atoms with E-state index in [0.717, 1.165) is 22.5 Å². The largest absolute Gasteiger partial charge is 0.315 e. The fourth-order valence-corrected chi connectivity index (χ4v) is 3.57. The Hall–Kier alpha value is -3.57. The standard InChI is InChI=1S/C22H17N3O2/c26-16-22(27)24-20-15-25(18-9-6-12-23-13-18,14-17-7-2-1-3-8-17)21-11-5-4-10-19(20)21/h1-13,15-16H,14H2/p+1. The minimum Gasteiger partial charge on any atom is -0.315 e. The van der Waals surface area contributed by atoms with Gasteiger partial charge < -0.3 is 5.32 Å². The molecule has 0 saturated carbocycles. The summed E-state index contributed by atoms with van der Waals surface area (Å²) in [7, 11) is 0. The highest BCUT2D eigenvalue weighted by Crippen LogP contribution is 2.46. The van der Waals surface area contributed by atoms with Crippen LogP contribution in [0.5, 0.6) is 0 Å². The first-order valence-corrected chi connectivity index (χ1v) is 8.64. The van der Waals surface area contributed by atoms with Crippen LogP contribution in [0.3, 0.4) is 0 Å². The maximum Gasteiger partial charge on any atom is 0.288 e. The number of rotatable bonds is 5. The molecule has 5 nitrogen and oxygen atoms in total. The van der Waals surface area contributed by atoms with E-state index in [1.165, 1.54) is 0 Å². The fourth-order valence-electron chi connectivity index (χ4n) is 3.57. The quantitative estimate of drug-likeness (QED) is 0.432. The van der Waals surface area contributed by atoms with Crippen LogP contribution in [0.2, 0.25) is 0 Å². The van der Waals surface area contributed by atoms with E-state index in [0.29, 0.717) is 16.7 Å². The van der Waals surface area contributed by atoms with Crippen molar-refractivity contribution in [2.24, 2.45) is 0 Å². The van der Waals surface area contributed by atoms with Crippen LogP contribution in [-0.4, -0.2) is 17.2 Å². The zero-order valence-corrected chi connectivity index (χ0v) is 14.6. The van der Waals surface area contributed by atoms with Gasteiger partial charge in [0.05, 0.1) is 11.8 Å². The van der Waals surface area contributed by atoms with Crippen LogP contribution in [0.4, 0.5) is 11.4 Å². The number of benzene rings is 2. The van der Waals surface area contributed by atoms with Crippen molar-refractivity contribution in [1.82, 2.24) is 14.8 Å². The number of carbonyl (C=O) groups is 2. The number of hydrogen-bond acceptors (Lipinski definition) is 3. The minimum absolute atomic E-state index is 0.289. The Balaban J connectivity index is 1.92. The third-order valence-corrected chi connectivity index (χ3v) is 4.72. The maximum absolute atomic E-state index is 11.7. The third-order valence-electron chi connectivity index (χ3n) is 4.72. The second kappa shape index (κ2) is 6.97. The van der Waals surface area contributed by atoms with Crippen molar-refractivity contribution < 1.29 is 9.59 Å². The van der Waals surface area contributed by atoms with Gasteiger partial charge in [-0.1, -0.05) is 42.5 Å². The summed E-state index contributed by atoms with van der Waals surface area (Å²) >= 11 is 0. The smallest absolute Gasteiger partial charge is 0.288 e. The number of nitrogens with zero attached hydrogens (tertiary/aromatic N) is 2. The highest BCUT2D eigenvalue weighted by Gasteiger charge is 2.41. The Kier molecular flexibility index (Phi) is 4.36. The van der Waals surface area contributed by atoms with Gasteiger partial charge in [0.1, 0.15) is 18.4 Å². The summed E-state index contributed by atoms with van der Waals surface area (Å²) in [6, 6.07) is 22.0. The lowest BCUT2D eigenvalue weighted by Gasteiger charge is -2.31. The number of pyridine rings is 1. The van der Waals surface area contributed by atoms with Gasteiger partial charge in [-0.25, -0.2) is 4.48 Å². The van der Waals surface area contributed by atoms with E-state index in [9.17, 15) is 9.59 Å². The average Bonchev–Trinajstić information content (AvgIpc) is 3.04. The second-order valence-electron chi connectivity index (χ2n) is 6.39. The topological polar surface area (TPSA) is 59.1 Å². The fraction of sp³-hybridized carbons (Fsp3) is 0.0455. The molecule has 1 unspecified atom stereocenters. The van der Waals surface area contributed by atoms with Gasteiger partial charge in [-0.15, -0.1) is 0 Å². The Morgan fingerprint density at radius 3 is 2.52 bits per heavy atom. The van der Waals surface area contributed by atoms with Crippen LogP contribution in [0, 0.1) is 0 Å². The number of para-hydroxylation sites is 1. The highest BCUT2D eigenvalue weighted by atomic mass is 16.2. The van der Waals surface area contributed by atoms with Crippen molar-refractivity contribution in [2.45, 2.75) is 6.54 Å². The zero-order valence-electron chi connectivity index (χ0n) is 14.6. The number of amides is 1. The molecular weight excluding hydrogens is 338 g/mol. The van der Waals surface area contributed by atoms with Crippen molar-refractivity contribution in [3.63, 3.8) is 0 Å². The summed E-state index contributed by atoms with van der Waals surface area (Å²) in [5.74, 6) is -0.665. The molecule has 0 fully saturated rings. The molecule has 0 radical (unpaired) electrons. The summed E-state index contributed by atoms with van der Waals surface area (Å²) in [5, 5.41) is 2.71. The highest BCUT2D eigenvalue weighted by molar-refractivity contribution is 6.26. The number of hydrogen-bond donors (Lipinski definition) is 1. The van der Waals surface area contributed by atoms with E-state index in [1.54, 1.807) is 6.20 Å². The van der Waals surface area contributed by atoms with Crippen LogP contribution >= 0.6 is 0 Å². The van der Waals surface area contributed by atoms with Crippen molar-refractivity contribution in [1.29, 1.82) is 0 Å². The number of quaternary nitrogens is 1. The van der Waals surface area contributed by atoms with Gasteiger partial charge in [-0.05, 0) is 12.1 Å². The monoisotopic (exact) mass is 356 g/mol. The summed E-state index contributed by atoms with van der Waals surface area (Å²) < 4.78 is 0.377. The number of nitrogens with one attached hydrogen (secondary N) is 1. The van der Waals surface area contributed by atoms with Crippen LogP contribution < -0.4 is 9.80 Å². The summed E-state index contributed by atoms with van der Waals surface area (Å²) in [4.78, 5) is 26.9. The van der Waals surface area contributed by atoms with E-state index in [-0.39, 0.29) is 6.29 Å². The van der Waals surface area contributed by atoms with E-state index in [1.807, 2.05) is 67.0 Å². The number of aldehydes is 1. The van der Waals surface area contributed by atoms with E-state index >= 15 is 0 Å². The zero-order chi connectivity index (χ0) is 18.7. The number of aromatic nitrogens is 1. The van der Waals surface area contributed by atoms with Crippen molar-refractivity contribution >= 4 is 29.3 Å². The molecule has 1 aromatic heterocycles. The normalized spacial score (nSPS) is 17.7. The first-order valence-electron chi connectivity index (χ1n) is 8.64. The predicted molar refractivity (Wildman–Crippen MR) is 104 cm³/mol. The molecule has 1 amide bonds. The van der Waals surface area contributed by atoms with E-state index in [4.69, 9.17) is 0 Å². The molecule has 5 heteroatoms. The minimum atomic E-state index is -0.665. The molecule has 1 atom stereocenters. The molecule has 2 aromatic carbocycles. The summed E-state index contributed by atoms with van der Waals surface area (Å²) in [5.41, 5.74) is 4.67. The van der Waals surface area contributed by atoms with E-state index < -0.39 is 5.91 Å². The average molecular weight is 356 g/mol. The lowest BCUT2D eigenvalue weighted by Crippen LogP contribution is -2.36. The molecule has 132 valence electrons. The molecule has 0 saturated heterocycles. The van der Waals surface area contributed by atoms with Gasteiger partial charge in [0.15, 0.2) is 11.4 Å². The van der Waals surface area contributed by atoms with Crippen LogP contribution in [0.15, 0.2) is 85.3 Å². The summed E-state index contributed by atoms with van der Waals surface area (Å²) in [6.45, 7) is 0.657. The van der Waals surface area contributed by atoms with Gasteiger partial charge in [-0.2, -0.15) is 0 Å². The SMILES string of the molecule is O=CC(=O)NC1=C[N+](Cc2ccccc2)(c2cccnc2)c2ccccc21. The molecule has 2 heterocycles. The first kappa shape index (κ1) is 16.9.